The molecule has 0 aliphatic heterocycles. The molecule has 4 heteroatoms. The van der Waals surface area contributed by atoms with Crippen LogP contribution in [0.1, 0.15) is 17.2 Å². The smallest absolute Gasteiger partial charge is 0.140 e. The third kappa shape index (κ3) is 3.28. The van der Waals surface area contributed by atoms with Crippen molar-refractivity contribution in [1.29, 1.82) is 5.26 Å². The van der Waals surface area contributed by atoms with Crippen molar-refractivity contribution in [3.05, 3.63) is 63.1 Å². The van der Waals surface area contributed by atoms with Crippen molar-refractivity contribution in [2.45, 2.75) is 13.0 Å². The van der Waals surface area contributed by atoms with E-state index in [0.717, 1.165) is 21.3 Å². The quantitative estimate of drug-likeness (QED) is 0.848. The minimum absolute atomic E-state index is 0.408. The minimum Gasteiger partial charge on any atom is -0.366 e. The molecule has 1 atom stereocenters. The van der Waals surface area contributed by atoms with Gasteiger partial charge in [0.05, 0.1) is 11.1 Å². The molecule has 0 fully saturated rings. The van der Waals surface area contributed by atoms with Gasteiger partial charge in [0.2, 0.25) is 0 Å². The topological polar surface area (TPSA) is 35.8 Å². The summed E-state index contributed by atoms with van der Waals surface area (Å²) in [5.74, 6) is 0. The van der Waals surface area contributed by atoms with Gasteiger partial charge in [0.1, 0.15) is 6.04 Å². The molecule has 0 saturated carbocycles. The monoisotopic (exact) mass is 334 g/mol. The fraction of sp³-hybridized carbons (Fsp3) is 0.133. The van der Waals surface area contributed by atoms with Gasteiger partial charge < -0.3 is 5.32 Å². The normalized spacial score (nSPS) is 11.7. The highest BCUT2D eigenvalue weighted by atomic mass is 79.9. The van der Waals surface area contributed by atoms with Gasteiger partial charge in [0, 0.05) is 10.2 Å². The van der Waals surface area contributed by atoms with E-state index in [2.05, 4.69) is 27.3 Å². The first kappa shape index (κ1) is 13.9. The lowest BCUT2D eigenvalue weighted by molar-refractivity contribution is 0.992. The van der Waals surface area contributed by atoms with Crippen LogP contribution < -0.4 is 5.32 Å². The van der Waals surface area contributed by atoms with Crippen LogP contribution in [0.4, 0.5) is 5.69 Å². The van der Waals surface area contributed by atoms with Gasteiger partial charge in [-0.1, -0.05) is 35.9 Å². The average Bonchev–Trinajstić information content (AvgIpc) is 2.41. The number of nitriles is 1. The molecule has 0 radical (unpaired) electrons. The third-order valence-corrected chi connectivity index (χ3v) is 4.06. The molecule has 0 spiro atoms. The van der Waals surface area contributed by atoms with Crippen LogP contribution >= 0.6 is 27.5 Å². The molecule has 0 aliphatic carbocycles. The molecule has 19 heavy (non-hydrogen) atoms. The van der Waals surface area contributed by atoms with Crippen molar-refractivity contribution >= 4 is 33.2 Å². The maximum absolute atomic E-state index is 9.33. The van der Waals surface area contributed by atoms with Crippen LogP contribution in [0.5, 0.6) is 0 Å². The zero-order valence-corrected chi connectivity index (χ0v) is 12.7. The number of hydrogen-bond donors (Lipinski definition) is 1. The second-order valence-corrected chi connectivity index (χ2v) is 5.46. The first-order valence-corrected chi connectivity index (χ1v) is 6.95. The Labute approximate surface area is 126 Å². The number of anilines is 1. The van der Waals surface area contributed by atoms with Crippen molar-refractivity contribution in [2.24, 2.45) is 0 Å². The van der Waals surface area contributed by atoms with Gasteiger partial charge in [-0.25, -0.2) is 0 Å². The van der Waals surface area contributed by atoms with E-state index in [4.69, 9.17) is 11.6 Å². The Kier molecular flexibility index (Phi) is 4.47. The van der Waals surface area contributed by atoms with Crippen molar-refractivity contribution in [2.75, 3.05) is 5.32 Å². The van der Waals surface area contributed by atoms with Crippen LogP contribution in [0.15, 0.2) is 46.9 Å². The summed E-state index contributed by atoms with van der Waals surface area (Å²) >= 11 is 9.34. The van der Waals surface area contributed by atoms with Crippen molar-refractivity contribution in [3.63, 3.8) is 0 Å². The number of halogens is 2. The van der Waals surface area contributed by atoms with E-state index in [1.165, 1.54) is 0 Å². The molecule has 0 saturated heterocycles. The van der Waals surface area contributed by atoms with Gasteiger partial charge in [-0.2, -0.15) is 5.26 Å². The maximum Gasteiger partial charge on any atom is 0.140 e. The van der Waals surface area contributed by atoms with Crippen LogP contribution in [-0.2, 0) is 0 Å². The summed E-state index contributed by atoms with van der Waals surface area (Å²) < 4.78 is 0.790. The Morgan fingerprint density at radius 3 is 2.63 bits per heavy atom. The zero-order chi connectivity index (χ0) is 13.8. The molecule has 0 bridgehead atoms. The summed E-state index contributed by atoms with van der Waals surface area (Å²) in [5.41, 5.74) is 2.94. The second kappa shape index (κ2) is 6.10. The summed E-state index contributed by atoms with van der Waals surface area (Å²) in [6.45, 7) is 2.01. The largest absolute Gasteiger partial charge is 0.366 e. The molecule has 2 nitrogen and oxygen atoms in total. The van der Waals surface area contributed by atoms with Crippen molar-refractivity contribution in [1.82, 2.24) is 0 Å². The van der Waals surface area contributed by atoms with E-state index in [1.807, 2.05) is 43.3 Å². The average molecular weight is 336 g/mol. The molecule has 0 heterocycles. The van der Waals surface area contributed by atoms with Gasteiger partial charge in [0.25, 0.3) is 0 Å². The molecule has 2 aromatic carbocycles. The molecule has 1 N–H and O–H groups in total. The predicted molar refractivity (Wildman–Crippen MR) is 82.3 cm³/mol. The standard InChI is InChI=1S/C15H12BrClN2/c1-10-4-2-3-5-14(10)19-15(9-18)11-6-7-13(17)12(16)8-11/h2-8,15,19H,1H3. The molecule has 96 valence electrons. The number of rotatable bonds is 3. The Hall–Kier alpha value is -1.50. The first-order chi connectivity index (χ1) is 9.11. The Morgan fingerprint density at radius 2 is 2.00 bits per heavy atom. The van der Waals surface area contributed by atoms with Crippen molar-refractivity contribution < 1.29 is 0 Å². The Balaban J connectivity index is 2.28. The molecule has 2 aromatic rings. The highest BCUT2D eigenvalue weighted by Gasteiger charge is 2.12. The molecule has 2 rings (SSSR count). The molecule has 0 amide bonds. The van der Waals surface area contributed by atoms with Crippen LogP contribution in [0.2, 0.25) is 5.02 Å². The Morgan fingerprint density at radius 1 is 1.26 bits per heavy atom. The van der Waals surface area contributed by atoms with Gasteiger partial charge in [-0.15, -0.1) is 0 Å². The van der Waals surface area contributed by atoms with Gasteiger partial charge in [0.15, 0.2) is 0 Å². The zero-order valence-electron chi connectivity index (χ0n) is 10.3. The fourth-order valence-corrected chi connectivity index (χ4v) is 2.29. The lowest BCUT2D eigenvalue weighted by Gasteiger charge is -2.15. The fourth-order valence-electron chi connectivity index (χ4n) is 1.77. The second-order valence-electron chi connectivity index (χ2n) is 4.19. The van der Waals surface area contributed by atoms with Gasteiger partial charge in [-0.05, 0) is 52.2 Å². The van der Waals surface area contributed by atoms with Crippen molar-refractivity contribution in [3.8, 4) is 6.07 Å². The van der Waals surface area contributed by atoms with E-state index < -0.39 is 6.04 Å². The molecular weight excluding hydrogens is 324 g/mol. The van der Waals surface area contributed by atoms with Crippen LogP contribution in [0, 0.1) is 18.3 Å². The summed E-state index contributed by atoms with van der Waals surface area (Å²) in [6, 6.07) is 15.2. The number of nitrogens with one attached hydrogen (secondary N) is 1. The van der Waals surface area contributed by atoms with E-state index in [9.17, 15) is 5.26 Å². The van der Waals surface area contributed by atoms with E-state index >= 15 is 0 Å². The lowest BCUT2D eigenvalue weighted by atomic mass is 10.1. The lowest BCUT2D eigenvalue weighted by Crippen LogP contribution is -2.09. The summed E-state index contributed by atoms with van der Waals surface area (Å²) in [7, 11) is 0. The third-order valence-electron chi connectivity index (χ3n) is 2.85. The van der Waals surface area contributed by atoms with E-state index in [-0.39, 0.29) is 0 Å². The van der Waals surface area contributed by atoms with Crippen LogP contribution in [0.3, 0.4) is 0 Å². The molecular formula is C15H12BrClN2. The summed E-state index contributed by atoms with van der Waals surface area (Å²) in [5, 5.41) is 13.2. The van der Waals surface area contributed by atoms with E-state index in [1.54, 1.807) is 6.07 Å². The van der Waals surface area contributed by atoms with Gasteiger partial charge in [-0.3, -0.25) is 0 Å². The predicted octanol–water partition coefficient (Wildman–Crippen LogP) is 5.09. The minimum atomic E-state index is -0.408. The molecule has 0 aromatic heterocycles. The highest BCUT2D eigenvalue weighted by Crippen LogP contribution is 2.28. The number of hydrogen-bond acceptors (Lipinski definition) is 2. The Bertz CT molecular complexity index is 634. The number of para-hydroxylation sites is 1. The molecule has 1 unspecified atom stereocenters. The van der Waals surface area contributed by atoms with Gasteiger partial charge >= 0.3 is 0 Å². The molecule has 0 aliphatic rings. The highest BCUT2D eigenvalue weighted by molar-refractivity contribution is 9.10. The summed E-state index contributed by atoms with van der Waals surface area (Å²) in [6.07, 6.45) is 0. The first-order valence-electron chi connectivity index (χ1n) is 5.78. The van der Waals surface area contributed by atoms with E-state index in [0.29, 0.717) is 5.02 Å². The number of aryl methyl sites for hydroxylation is 1. The SMILES string of the molecule is Cc1ccccc1NC(C#N)c1ccc(Cl)c(Br)c1. The summed E-state index contributed by atoms with van der Waals surface area (Å²) in [4.78, 5) is 0. The number of nitrogens with zero attached hydrogens (tertiary/aromatic N) is 1. The maximum atomic E-state index is 9.33. The van der Waals surface area contributed by atoms with Crippen LogP contribution in [-0.4, -0.2) is 0 Å². The number of benzene rings is 2. The van der Waals surface area contributed by atoms with Crippen LogP contribution in [0.25, 0.3) is 0 Å².